The highest BCUT2D eigenvalue weighted by Gasteiger charge is 2.30. The van der Waals surface area contributed by atoms with Crippen LogP contribution in [0.2, 0.25) is 0 Å². The summed E-state index contributed by atoms with van der Waals surface area (Å²) in [5, 5.41) is 7.55. The molecule has 1 aliphatic rings. The molecule has 0 amide bonds. The van der Waals surface area contributed by atoms with Gasteiger partial charge in [0.05, 0.1) is 17.1 Å². The van der Waals surface area contributed by atoms with E-state index in [-0.39, 0.29) is 30.1 Å². The number of halogens is 2. The monoisotopic (exact) mass is 487 g/mol. The van der Waals surface area contributed by atoms with Crippen molar-refractivity contribution in [3.63, 3.8) is 0 Å². The molecular formula is C25H31Cl2N5O. The van der Waals surface area contributed by atoms with E-state index in [1.54, 1.807) is 12.1 Å². The van der Waals surface area contributed by atoms with E-state index in [1.165, 1.54) is 0 Å². The van der Waals surface area contributed by atoms with Crippen molar-refractivity contribution in [2.45, 2.75) is 44.1 Å². The third-order valence-corrected chi connectivity index (χ3v) is 6.92. The number of nitrogen functional groups attached to an aromatic ring is 1. The number of carbonyl (C=O) groups is 1. The molecule has 6 nitrogen and oxygen atoms in total. The number of hydrogen-bond acceptors (Lipinski definition) is 4. The smallest absolute Gasteiger partial charge is 0.143 e. The van der Waals surface area contributed by atoms with Crippen LogP contribution >= 0.6 is 24.0 Å². The maximum absolute atomic E-state index is 13.2. The summed E-state index contributed by atoms with van der Waals surface area (Å²) in [6.45, 7) is 0. The summed E-state index contributed by atoms with van der Waals surface area (Å²) < 4.78 is 2.00. The molecular weight excluding hydrogens is 457 g/mol. The van der Waals surface area contributed by atoms with Crippen LogP contribution in [0.4, 0.5) is 0 Å². The Labute approximate surface area is 205 Å². The normalized spacial score (nSPS) is 15.8. The number of imidazole rings is 1. The second kappa shape index (κ2) is 10.7. The lowest BCUT2D eigenvalue weighted by Gasteiger charge is -2.19. The molecule has 2 atom stereocenters. The number of ketones is 1. The van der Waals surface area contributed by atoms with Crippen LogP contribution in [0.5, 0.6) is 0 Å². The Balaban J connectivity index is 0.00000306. The Morgan fingerprint density at radius 2 is 1.82 bits per heavy atom. The van der Waals surface area contributed by atoms with Crippen molar-refractivity contribution >= 4 is 46.7 Å². The number of Topliss-reactive ketones (excluding diaryl/α,β-unsaturated/α-hetero) is 1. The highest BCUT2D eigenvalue weighted by molar-refractivity contribution is 6.18. The van der Waals surface area contributed by atoms with Gasteiger partial charge in [0.15, 0.2) is 0 Å². The zero-order valence-corrected chi connectivity index (χ0v) is 20.3. The minimum atomic E-state index is -0.421. The predicted molar refractivity (Wildman–Crippen MR) is 136 cm³/mol. The fourth-order valence-electron chi connectivity index (χ4n) is 4.83. The van der Waals surface area contributed by atoms with Crippen LogP contribution in [0.3, 0.4) is 0 Å². The van der Waals surface area contributed by atoms with Gasteiger partial charge in [-0.3, -0.25) is 10.2 Å². The summed E-state index contributed by atoms with van der Waals surface area (Å²) in [6, 6.07) is 13.0. The third-order valence-electron chi connectivity index (χ3n) is 6.70. The predicted octanol–water partition coefficient (Wildman–Crippen LogP) is 4.80. The number of aryl methyl sites for hydroxylation is 1. The van der Waals surface area contributed by atoms with Crippen molar-refractivity contribution in [1.82, 2.24) is 9.55 Å². The zero-order chi connectivity index (χ0) is 22.8. The summed E-state index contributed by atoms with van der Waals surface area (Å²) >= 11 is 6.07. The van der Waals surface area contributed by atoms with E-state index in [1.807, 2.05) is 41.9 Å². The molecule has 0 saturated heterocycles. The fraction of sp³-hybridized carbons (Fsp3) is 0.400. The summed E-state index contributed by atoms with van der Waals surface area (Å²) in [7, 11) is 1.95. The number of hydrogen-bond donors (Lipinski definition) is 3. The zero-order valence-electron chi connectivity index (χ0n) is 18.8. The molecule has 33 heavy (non-hydrogen) atoms. The Kier molecular flexibility index (Phi) is 8.16. The van der Waals surface area contributed by atoms with E-state index in [9.17, 15) is 4.79 Å². The van der Waals surface area contributed by atoms with Gasteiger partial charge < -0.3 is 16.0 Å². The van der Waals surface area contributed by atoms with Gasteiger partial charge in [-0.15, -0.1) is 24.0 Å². The van der Waals surface area contributed by atoms with Gasteiger partial charge in [0.2, 0.25) is 0 Å². The fourth-order valence-corrected chi connectivity index (χ4v) is 5.04. The first kappa shape index (κ1) is 25.2. The molecule has 2 aromatic carbocycles. The largest absolute Gasteiger partial charge is 0.384 e. The van der Waals surface area contributed by atoms with E-state index in [2.05, 4.69) is 0 Å². The highest BCUT2D eigenvalue weighted by atomic mass is 35.5. The van der Waals surface area contributed by atoms with Crippen molar-refractivity contribution in [3.05, 3.63) is 65.0 Å². The van der Waals surface area contributed by atoms with Crippen molar-refractivity contribution in [1.29, 1.82) is 5.41 Å². The molecule has 1 saturated carbocycles. The second-order valence-electron chi connectivity index (χ2n) is 8.70. The quantitative estimate of drug-likeness (QED) is 0.240. The van der Waals surface area contributed by atoms with Crippen molar-refractivity contribution < 1.29 is 4.79 Å². The molecule has 176 valence electrons. The molecule has 4 rings (SSSR count). The van der Waals surface area contributed by atoms with Crippen LogP contribution in [0.1, 0.15) is 66.6 Å². The lowest BCUT2D eigenvalue weighted by Crippen LogP contribution is -2.20. The Morgan fingerprint density at radius 1 is 1.18 bits per heavy atom. The average molecular weight is 488 g/mol. The van der Waals surface area contributed by atoms with E-state index >= 15 is 0 Å². The van der Waals surface area contributed by atoms with Crippen LogP contribution in [-0.2, 0) is 11.8 Å². The minimum Gasteiger partial charge on any atom is -0.384 e. The number of nitrogens with one attached hydrogen (secondary N) is 1. The van der Waals surface area contributed by atoms with Crippen LogP contribution < -0.4 is 11.5 Å². The van der Waals surface area contributed by atoms with E-state index in [4.69, 9.17) is 33.5 Å². The number of carbonyl (C=O) groups excluding carboxylic acids is 1. The number of amidine groups is 1. The van der Waals surface area contributed by atoms with Crippen LogP contribution in [0, 0.1) is 11.3 Å². The number of benzene rings is 2. The Morgan fingerprint density at radius 3 is 2.42 bits per heavy atom. The molecule has 0 spiro atoms. The van der Waals surface area contributed by atoms with E-state index in [0.29, 0.717) is 23.6 Å². The lowest BCUT2D eigenvalue weighted by molar-refractivity contribution is -0.124. The second-order valence-corrected chi connectivity index (χ2v) is 9.08. The summed E-state index contributed by atoms with van der Waals surface area (Å²) in [4.78, 5) is 18.0. The van der Waals surface area contributed by atoms with Gasteiger partial charge in [0, 0.05) is 30.3 Å². The van der Waals surface area contributed by atoms with Crippen LogP contribution in [0.15, 0.2) is 42.5 Å². The molecule has 5 N–H and O–H groups in total. The van der Waals surface area contributed by atoms with Gasteiger partial charge in [-0.1, -0.05) is 43.2 Å². The third kappa shape index (κ3) is 5.08. The molecule has 1 aromatic heterocycles. The van der Waals surface area contributed by atoms with Crippen molar-refractivity contribution in [2.24, 2.45) is 24.4 Å². The SMILES string of the molecule is Cl.Cn1c(C(N)c2ccc(C(=N)N)cc2)nc2cc(C(CCCl)C(=O)C3CCCC3)ccc21. The first-order chi connectivity index (χ1) is 15.4. The Hall–Kier alpha value is -2.41. The molecule has 2 unspecified atom stereocenters. The number of nitrogens with two attached hydrogens (primary N) is 2. The number of aromatic nitrogens is 2. The first-order valence-electron chi connectivity index (χ1n) is 11.2. The number of alkyl halides is 1. The van der Waals surface area contributed by atoms with Crippen LogP contribution in [-0.4, -0.2) is 27.0 Å². The van der Waals surface area contributed by atoms with E-state index < -0.39 is 6.04 Å². The molecule has 0 radical (unpaired) electrons. The summed E-state index contributed by atoms with van der Waals surface area (Å²) in [5.74, 6) is 1.52. The maximum Gasteiger partial charge on any atom is 0.143 e. The summed E-state index contributed by atoms with van der Waals surface area (Å²) in [6.07, 6.45) is 4.90. The first-order valence-corrected chi connectivity index (χ1v) is 11.7. The molecule has 0 aliphatic heterocycles. The highest BCUT2D eigenvalue weighted by Crippen LogP contribution is 2.34. The molecule has 8 heteroatoms. The number of fused-ring (bicyclic) bond motifs is 1. The van der Waals surface area contributed by atoms with Gasteiger partial charge in [0.25, 0.3) is 0 Å². The lowest BCUT2D eigenvalue weighted by atomic mass is 9.84. The van der Waals surface area contributed by atoms with Crippen LogP contribution in [0.25, 0.3) is 11.0 Å². The van der Waals surface area contributed by atoms with Gasteiger partial charge in [-0.2, -0.15) is 0 Å². The minimum absolute atomic E-state index is 0. The Bertz CT molecular complexity index is 1140. The number of rotatable bonds is 8. The molecule has 3 aromatic rings. The van der Waals surface area contributed by atoms with Gasteiger partial charge in [-0.25, -0.2) is 4.98 Å². The average Bonchev–Trinajstić information content (AvgIpc) is 3.45. The molecule has 0 bridgehead atoms. The topological polar surface area (TPSA) is 111 Å². The number of nitrogens with zero attached hydrogens (tertiary/aromatic N) is 2. The van der Waals surface area contributed by atoms with E-state index in [0.717, 1.165) is 53.7 Å². The van der Waals surface area contributed by atoms with Crippen molar-refractivity contribution in [3.8, 4) is 0 Å². The van der Waals surface area contributed by atoms with Gasteiger partial charge in [0.1, 0.15) is 17.4 Å². The maximum atomic E-state index is 13.2. The summed E-state index contributed by atoms with van der Waals surface area (Å²) in [5.41, 5.74) is 16.4. The molecule has 1 heterocycles. The van der Waals surface area contributed by atoms with Gasteiger partial charge in [-0.05, 0) is 42.5 Å². The molecule has 1 fully saturated rings. The standard InChI is InChI=1S/C25H30ClN5O.ClH/c1-31-21-11-10-18(19(12-13-26)23(32)16-4-2-3-5-16)14-20(21)30-25(31)22(27)15-6-8-17(9-7-15)24(28)29;/h6-11,14,16,19,22H,2-5,12-13,27H2,1H3,(H3,28,29);1H. The van der Waals surface area contributed by atoms with Crippen molar-refractivity contribution in [2.75, 3.05) is 5.88 Å². The van der Waals surface area contributed by atoms with Gasteiger partial charge >= 0.3 is 0 Å². The molecule has 1 aliphatic carbocycles.